The molecule has 1 rings (SSSR count). The van der Waals surface area contributed by atoms with Crippen molar-refractivity contribution in [2.45, 2.75) is 19.8 Å². The van der Waals surface area contributed by atoms with Crippen LogP contribution >= 0.6 is 0 Å². The normalized spacial score (nSPS) is 13.0. The first-order valence-corrected chi connectivity index (χ1v) is 3.59. The van der Waals surface area contributed by atoms with Gasteiger partial charge < -0.3 is 0 Å². The van der Waals surface area contributed by atoms with Gasteiger partial charge in [0.25, 0.3) is 0 Å². The van der Waals surface area contributed by atoms with Crippen molar-refractivity contribution >= 4 is 0 Å². The van der Waals surface area contributed by atoms with Gasteiger partial charge in [0, 0.05) is 17.8 Å². The summed E-state index contributed by atoms with van der Waals surface area (Å²) in [6, 6.07) is 1.80. The second kappa shape index (κ2) is 3.42. The number of hydrogen-bond acceptors (Lipinski definition) is 2. The molecule has 0 amide bonds. The summed E-state index contributed by atoms with van der Waals surface area (Å²) < 4.78 is 12.1. The van der Waals surface area contributed by atoms with E-state index in [1.165, 1.54) is 0 Å². The van der Waals surface area contributed by atoms with E-state index in [1.807, 2.05) is 6.92 Å². The van der Waals surface area contributed by atoms with Crippen molar-refractivity contribution in [3.05, 3.63) is 23.8 Å². The Balaban J connectivity index is 2.86. The Hall–Kier alpha value is -0.990. The van der Waals surface area contributed by atoms with Crippen LogP contribution in [-0.2, 0) is 0 Å². The molecule has 0 N–H and O–H groups in total. The number of alkyl halides is 1. The lowest BCUT2D eigenvalue weighted by Gasteiger charge is -2.04. The zero-order valence-electron chi connectivity index (χ0n) is 6.71. The third-order valence-corrected chi connectivity index (χ3v) is 1.49. The molecule has 0 saturated heterocycles. The van der Waals surface area contributed by atoms with Crippen LogP contribution in [0.2, 0.25) is 0 Å². The molecular formula is C8H11FN2. The molecular weight excluding hydrogens is 143 g/mol. The van der Waals surface area contributed by atoms with Crippen molar-refractivity contribution in [1.29, 1.82) is 0 Å². The summed E-state index contributed by atoms with van der Waals surface area (Å²) in [5.74, 6) is 0.405. The highest BCUT2D eigenvalue weighted by atomic mass is 19.1. The van der Waals surface area contributed by atoms with E-state index in [1.54, 1.807) is 19.2 Å². The van der Waals surface area contributed by atoms with Gasteiger partial charge in [-0.3, -0.25) is 4.39 Å². The van der Waals surface area contributed by atoms with Crippen molar-refractivity contribution in [1.82, 2.24) is 9.97 Å². The van der Waals surface area contributed by atoms with Crippen molar-refractivity contribution in [2.24, 2.45) is 0 Å². The number of rotatable bonds is 2. The molecule has 0 radical (unpaired) electrons. The van der Waals surface area contributed by atoms with Crippen LogP contribution in [0.25, 0.3) is 0 Å². The van der Waals surface area contributed by atoms with Crippen LogP contribution in [0.5, 0.6) is 0 Å². The molecule has 60 valence electrons. The topological polar surface area (TPSA) is 25.8 Å². The number of nitrogens with zero attached hydrogens (tertiary/aromatic N) is 2. The first-order chi connectivity index (χ1) is 5.24. The monoisotopic (exact) mass is 154 g/mol. The molecule has 1 atom stereocenters. The Kier molecular flexibility index (Phi) is 2.52. The molecule has 1 heterocycles. The van der Waals surface area contributed by atoms with Crippen LogP contribution in [0.3, 0.4) is 0 Å². The van der Waals surface area contributed by atoms with Crippen LogP contribution in [0.15, 0.2) is 12.3 Å². The summed E-state index contributed by atoms with van der Waals surface area (Å²) >= 11 is 0. The fourth-order valence-electron chi connectivity index (χ4n) is 0.775. The van der Waals surface area contributed by atoms with Gasteiger partial charge in [-0.1, -0.05) is 6.92 Å². The Bertz CT molecular complexity index is 237. The molecule has 1 aromatic rings. The molecule has 0 aromatic carbocycles. The Morgan fingerprint density at radius 3 is 2.91 bits per heavy atom. The van der Waals surface area contributed by atoms with Gasteiger partial charge in [0.2, 0.25) is 0 Å². The van der Waals surface area contributed by atoms with E-state index < -0.39 is 6.67 Å². The van der Waals surface area contributed by atoms with E-state index in [4.69, 9.17) is 0 Å². The zero-order chi connectivity index (χ0) is 8.27. The summed E-state index contributed by atoms with van der Waals surface area (Å²) in [6.07, 6.45) is 1.66. The summed E-state index contributed by atoms with van der Waals surface area (Å²) in [4.78, 5) is 8.05. The summed E-state index contributed by atoms with van der Waals surface area (Å²) in [5.41, 5.74) is 0.885. The molecule has 0 aliphatic carbocycles. The van der Waals surface area contributed by atoms with Gasteiger partial charge in [0.05, 0.1) is 6.67 Å². The van der Waals surface area contributed by atoms with E-state index in [9.17, 15) is 4.39 Å². The highest BCUT2D eigenvalue weighted by molar-refractivity contribution is 5.02. The molecule has 2 nitrogen and oxygen atoms in total. The second-order valence-corrected chi connectivity index (χ2v) is 2.61. The predicted octanol–water partition coefficient (Wildman–Crippen LogP) is 1.86. The molecule has 0 fully saturated rings. The van der Waals surface area contributed by atoms with Crippen molar-refractivity contribution in [3.63, 3.8) is 0 Å². The summed E-state index contributed by atoms with van der Waals surface area (Å²) in [5, 5.41) is 0. The van der Waals surface area contributed by atoms with Crippen molar-refractivity contribution in [2.75, 3.05) is 6.67 Å². The lowest BCUT2D eigenvalue weighted by atomic mass is 10.2. The molecule has 0 bridgehead atoms. The van der Waals surface area contributed by atoms with Gasteiger partial charge in [-0.15, -0.1) is 0 Å². The maximum absolute atomic E-state index is 12.1. The minimum Gasteiger partial charge on any atom is -0.250 e. The second-order valence-electron chi connectivity index (χ2n) is 2.61. The number of hydrogen-bond donors (Lipinski definition) is 0. The van der Waals surface area contributed by atoms with Crippen molar-refractivity contribution in [3.8, 4) is 0 Å². The standard InChI is InChI=1S/C8H11FN2/c1-6(5-9)8-10-4-3-7(2)11-8/h3-4,6H,5H2,1-2H3. The summed E-state index contributed by atoms with van der Waals surface area (Å²) in [6.45, 7) is 3.24. The van der Waals surface area contributed by atoms with Gasteiger partial charge >= 0.3 is 0 Å². The van der Waals surface area contributed by atoms with Crippen LogP contribution in [0.4, 0.5) is 4.39 Å². The minimum absolute atomic E-state index is 0.185. The minimum atomic E-state index is -0.399. The SMILES string of the molecule is Cc1ccnc(C(C)CF)n1. The van der Waals surface area contributed by atoms with Crippen LogP contribution in [0, 0.1) is 6.92 Å². The first kappa shape index (κ1) is 8.11. The average Bonchev–Trinajstić information content (AvgIpc) is 2.03. The molecule has 1 aromatic heterocycles. The molecule has 0 saturated carbocycles. The highest BCUT2D eigenvalue weighted by Crippen LogP contribution is 2.09. The van der Waals surface area contributed by atoms with Crippen LogP contribution in [-0.4, -0.2) is 16.6 Å². The molecule has 0 spiro atoms. The van der Waals surface area contributed by atoms with Gasteiger partial charge in [-0.05, 0) is 13.0 Å². The van der Waals surface area contributed by atoms with E-state index in [0.29, 0.717) is 5.82 Å². The smallest absolute Gasteiger partial charge is 0.133 e. The largest absolute Gasteiger partial charge is 0.250 e. The summed E-state index contributed by atoms with van der Waals surface area (Å²) in [7, 11) is 0. The number of aryl methyl sites for hydroxylation is 1. The van der Waals surface area contributed by atoms with E-state index in [-0.39, 0.29) is 5.92 Å². The maximum atomic E-state index is 12.1. The maximum Gasteiger partial charge on any atom is 0.133 e. The molecule has 0 aliphatic rings. The first-order valence-electron chi connectivity index (χ1n) is 3.59. The van der Waals surface area contributed by atoms with Gasteiger partial charge in [0.15, 0.2) is 0 Å². The van der Waals surface area contributed by atoms with Gasteiger partial charge in [-0.2, -0.15) is 0 Å². The Morgan fingerprint density at radius 2 is 2.36 bits per heavy atom. The van der Waals surface area contributed by atoms with Crippen molar-refractivity contribution < 1.29 is 4.39 Å². The number of aromatic nitrogens is 2. The highest BCUT2D eigenvalue weighted by Gasteiger charge is 2.06. The molecule has 11 heavy (non-hydrogen) atoms. The lowest BCUT2D eigenvalue weighted by molar-refractivity contribution is 0.436. The zero-order valence-corrected chi connectivity index (χ0v) is 6.71. The third-order valence-electron chi connectivity index (χ3n) is 1.49. The van der Waals surface area contributed by atoms with Crippen LogP contribution in [0.1, 0.15) is 24.4 Å². The molecule has 0 aliphatic heterocycles. The van der Waals surface area contributed by atoms with E-state index in [2.05, 4.69) is 9.97 Å². The lowest BCUT2D eigenvalue weighted by Crippen LogP contribution is -2.02. The average molecular weight is 154 g/mol. The molecule has 1 unspecified atom stereocenters. The van der Waals surface area contributed by atoms with Crippen LogP contribution < -0.4 is 0 Å². The predicted molar refractivity (Wildman–Crippen MR) is 41.2 cm³/mol. The van der Waals surface area contributed by atoms with Gasteiger partial charge in [0.1, 0.15) is 5.82 Å². The van der Waals surface area contributed by atoms with Gasteiger partial charge in [-0.25, -0.2) is 9.97 Å². The fourth-order valence-corrected chi connectivity index (χ4v) is 0.775. The van der Waals surface area contributed by atoms with E-state index >= 15 is 0 Å². The van der Waals surface area contributed by atoms with E-state index in [0.717, 1.165) is 5.69 Å². The Labute approximate surface area is 65.5 Å². The third kappa shape index (κ3) is 1.97. The Morgan fingerprint density at radius 1 is 1.64 bits per heavy atom. The number of halogens is 1. The quantitative estimate of drug-likeness (QED) is 0.649. The fraction of sp³-hybridized carbons (Fsp3) is 0.500. The molecule has 3 heteroatoms.